The van der Waals surface area contributed by atoms with Crippen molar-refractivity contribution in [3.05, 3.63) is 29.3 Å². The van der Waals surface area contributed by atoms with Crippen LogP contribution < -0.4 is 0 Å². The molecule has 1 aromatic rings. The van der Waals surface area contributed by atoms with Gasteiger partial charge in [-0.25, -0.2) is 4.79 Å². The normalized spacial score (nSPS) is 10.7. The Labute approximate surface area is 85.1 Å². The van der Waals surface area contributed by atoms with E-state index >= 15 is 0 Å². The van der Waals surface area contributed by atoms with E-state index in [1.165, 1.54) is 12.1 Å². The minimum atomic E-state index is -4.72. The average Bonchev–Trinajstić information content (AvgIpc) is 2.15. The zero-order chi connectivity index (χ0) is 11.6. The van der Waals surface area contributed by atoms with Crippen molar-refractivity contribution in [1.29, 1.82) is 5.26 Å². The molecule has 2 N–H and O–H groups in total. The van der Waals surface area contributed by atoms with Gasteiger partial charge in [-0.05, 0) is 12.1 Å². The zero-order valence-electron chi connectivity index (χ0n) is 7.21. The van der Waals surface area contributed by atoms with E-state index in [-0.39, 0.29) is 0 Å². The van der Waals surface area contributed by atoms with E-state index in [9.17, 15) is 13.2 Å². The van der Waals surface area contributed by atoms with E-state index in [1.54, 1.807) is 0 Å². The van der Waals surface area contributed by atoms with E-state index in [4.69, 9.17) is 14.9 Å². The summed E-state index contributed by atoms with van der Waals surface area (Å²) in [7, 11) is -4.72. The molecule has 0 aliphatic heterocycles. The topological polar surface area (TPSA) is 115 Å². The molecule has 0 aliphatic rings. The van der Waals surface area contributed by atoms with Gasteiger partial charge in [0.05, 0.1) is 11.1 Å². The minimum Gasteiger partial charge on any atom is -0.478 e. The second-order valence-corrected chi connectivity index (χ2v) is 3.93. The van der Waals surface area contributed by atoms with Crippen molar-refractivity contribution in [2.75, 3.05) is 0 Å². The lowest BCUT2D eigenvalue weighted by Gasteiger charge is -2.03. The number of carboxylic acids is 1. The van der Waals surface area contributed by atoms with Crippen LogP contribution in [-0.4, -0.2) is 24.0 Å². The van der Waals surface area contributed by atoms with Crippen molar-refractivity contribution in [3.63, 3.8) is 0 Å². The molecule has 0 fully saturated rings. The number of nitrogens with zero attached hydrogens (tertiary/aromatic N) is 1. The third-order valence-corrected chi connectivity index (χ3v) is 2.58. The Hall–Kier alpha value is -1.91. The fourth-order valence-corrected chi connectivity index (χ4v) is 1.90. The summed E-state index contributed by atoms with van der Waals surface area (Å²) in [6, 6.07) is 4.81. The van der Waals surface area contributed by atoms with Crippen molar-refractivity contribution < 1.29 is 22.9 Å². The Morgan fingerprint density at radius 1 is 1.40 bits per heavy atom. The van der Waals surface area contributed by atoms with E-state index in [1.807, 2.05) is 0 Å². The molecule has 15 heavy (non-hydrogen) atoms. The van der Waals surface area contributed by atoms with Crippen LogP contribution in [0.1, 0.15) is 15.9 Å². The summed E-state index contributed by atoms with van der Waals surface area (Å²) < 4.78 is 30.5. The van der Waals surface area contributed by atoms with Crippen LogP contribution in [0.4, 0.5) is 0 Å². The van der Waals surface area contributed by atoms with E-state index in [2.05, 4.69) is 0 Å². The molecule has 7 heteroatoms. The molecule has 0 spiro atoms. The largest absolute Gasteiger partial charge is 0.478 e. The van der Waals surface area contributed by atoms with Gasteiger partial charge in [0, 0.05) is 0 Å². The summed E-state index contributed by atoms with van der Waals surface area (Å²) >= 11 is 0. The second kappa shape index (κ2) is 3.68. The van der Waals surface area contributed by atoms with E-state index in [0.717, 1.165) is 12.1 Å². The van der Waals surface area contributed by atoms with Crippen LogP contribution in [0.15, 0.2) is 23.1 Å². The maximum Gasteiger partial charge on any atom is 0.337 e. The molecule has 6 nitrogen and oxygen atoms in total. The first-order chi connectivity index (χ1) is 6.88. The monoisotopic (exact) mass is 227 g/mol. The van der Waals surface area contributed by atoms with Crippen LogP contribution in [0.5, 0.6) is 0 Å². The third-order valence-electron chi connectivity index (χ3n) is 1.62. The Balaban J connectivity index is 3.73. The predicted octanol–water partition coefficient (Wildman–Crippen LogP) is 0.503. The maximum atomic E-state index is 10.9. The van der Waals surface area contributed by atoms with Gasteiger partial charge in [-0.1, -0.05) is 6.07 Å². The number of rotatable bonds is 2. The molecule has 0 unspecified atom stereocenters. The minimum absolute atomic E-state index is 0.405. The fraction of sp³-hybridized carbons (Fsp3) is 0. The van der Waals surface area contributed by atoms with Gasteiger partial charge in [-0.15, -0.1) is 0 Å². The fourth-order valence-electron chi connectivity index (χ4n) is 1.07. The molecule has 0 amide bonds. The number of benzene rings is 1. The van der Waals surface area contributed by atoms with Gasteiger partial charge in [0.2, 0.25) is 0 Å². The molecular formula is C8H5NO5S. The smallest absolute Gasteiger partial charge is 0.337 e. The number of nitriles is 1. The Bertz CT molecular complexity index is 555. The first-order valence-electron chi connectivity index (χ1n) is 3.62. The van der Waals surface area contributed by atoms with Crippen LogP contribution >= 0.6 is 0 Å². The SMILES string of the molecule is N#Cc1cccc(C(=O)O)c1S(=O)(=O)O. The van der Waals surface area contributed by atoms with Gasteiger partial charge in [-0.2, -0.15) is 13.7 Å². The molecule has 1 aromatic carbocycles. The zero-order valence-corrected chi connectivity index (χ0v) is 8.02. The highest BCUT2D eigenvalue weighted by molar-refractivity contribution is 7.86. The van der Waals surface area contributed by atoms with Gasteiger partial charge in [0.15, 0.2) is 0 Å². The van der Waals surface area contributed by atoms with Gasteiger partial charge in [0.1, 0.15) is 11.0 Å². The van der Waals surface area contributed by atoms with Crippen LogP contribution in [0, 0.1) is 11.3 Å². The first-order valence-corrected chi connectivity index (χ1v) is 5.06. The lowest BCUT2D eigenvalue weighted by atomic mass is 10.1. The molecule has 0 bridgehead atoms. The molecule has 0 radical (unpaired) electrons. The molecule has 0 heterocycles. The van der Waals surface area contributed by atoms with Crippen molar-refractivity contribution in [2.24, 2.45) is 0 Å². The third kappa shape index (κ3) is 2.12. The number of carboxylic acid groups (broad SMARTS) is 1. The summed E-state index contributed by atoms with van der Waals surface area (Å²) in [5.41, 5.74) is -1.03. The van der Waals surface area contributed by atoms with Gasteiger partial charge in [-0.3, -0.25) is 4.55 Å². The van der Waals surface area contributed by atoms with Crippen LogP contribution in [0.3, 0.4) is 0 Å². The predicted molar refractivity (Wildman–Crippen MR) is 47.9 cm³/mol. The molecule has 0 aromatic heterocycles. The standard InChI is InChI=1S/C8H5NO5S/c9-4-5-2-1-3-6(8(10)11)7(5)15(12,13)14/h1-3H,(H,10,11)(H,12,13,14). The number of hydrogen-bond donors (Lipinski definition) is 2. The van der Waals surface area contributed by atoms with Crippen molar-refractivity contribution in [1.82, 2.24) is 0 Å². The molecule has 0 saturated heterocycles. The van der Waals surface area contributed by atoms with Crippen molar-refractivity contribution >= 4 is 16.1 Å². The highest BCUT2D eigenvalue weighted by Crippen LogP contribution is 2.19. The lowest BCUT2D eigenvalue weighted by molar-refractivity contribution is 0.0692. The molecule has 1 rings (SSSR count). The molecule has 0 aliphatic carbocycles. The molecule has 0 saturated carbocycles. The number of hydrogen-bond acceptors (Lipinski definition) is 4. The molecule has 0 atom stereocenters. The van der Waals surface area contributed by atoms with Gasteiger partial charge >= 0.3 is 5.97 Å². The van der Waals surface area contributed by atoms with Crippen LogP contribution in [0.25, 0.3) is 0 Å². The lowest BCUT2D eigenvalue weighted by Crippen LogP contribution is -2.10. The number of aromatic carboxylic acids is 1. The van der Waals surface area contributed by atoms with Gasteiger partial charge < -0.3 is 5.11 Å². The van der Waals surface area contributed by atoms with Crippen LogP contribution in [0.2, 0.25) is 0 Å². The van der Waals surface area contributed by atoms with Crippen molar-refractivity contribution in [2.45, 2.75) is 4.90 Å². The Morgan fingerprint density at radius 3 is 2.40 bits per heavy atom. The Morgan fingerprint density at radius 2 is 2.00 bits per heavy atom. The summed E-state index contributed by atoms with van der Waals surface area (Å²) in [5.74, 6) is -1.53. The van der Waals surface area contributed by atoms with E-state index < -0.39 is 32.1 Å². The number of carbonyl (C=O) groups is 1. The van der Waals surface area contributed by atoms with Crippen LogP contribution in [-0.2, 0) is 10.1 Å². The second-order valence-electron chi connectivity index (χ2n) is 2.57. The maximum absolute atomic E-state index is 10.9. The van der Waals surface area contributed by atoms with Crippen molar-refractivity contribution in [3.8, 4) is 6.07 Å². The highest BCUT2D eigenvalue weighted by Gasteiger charge is 2.23. The summed E-state index contributed by atoms with van der Waals surface area (Å²) in [5, 5.41) is 17.2. The van der Waals surface area contributed by atoms with Gasteiger partial charge in [0.25, 0.3) is 10.1 Å². The summed E-state index contributed by atoms with van der Waals surface area (Å²) in [6.07, 6.45) is 0. The molecule has 78 valence electrons. The summed E-state index contributed by atoms with van der Waals surface area (Å²) in [4.78, 5) is 9.78. The quantitative estimate of drug-likeness (QED) is 0.711. The van der Waals surface area contributed by atoms with E-state index in [0.29, 0.717) is 0 Å². The first kappa shape index (κ1) is 11.2. The average molecular weight is 227 g/mol. The summed E-state index contributed by atoms with van der Waals surface area (Å²) in [6.45, 7) is 0. The molecular weight excluding hydrogens is 222 g/mol. The highest BCUT2D eigenvalue weighted by atomic mass is 32.2. The Kier molecular flexibility index (Phi) is 2.74.